The summed E-state index contributed by atoms with van der Waals surface area (Å²) in [6, 6.07) is 6.32. The Hall–Kier alpha value is -2.88. The average Bonchev–Trinajstić information content (AvgIpc) is 2.90. The number of para-hydroxylation sites is 1. The quantitative estimate of drug-likeness (QED) is 0.786. The summed E-state index contributed by atoms with van der Waals surface area (Å²) in [5.74, 6) is -1.97. The van der Waals surface area contributed by atoms with Gasteiger partial charge in [0.15, 0.2) is 17.5 Å². The van der Waals surface area contributed by atoms with Crippen LogP contribution in [0.5, 0.6) is 0 Å². The topological polar surface area (TPSA) is 83.5 Å². The highest BCUT2D eigenvalue weighted by molar-refractivity contribution is 5.97. The van der Waals surface area contributed by atoms with E-state index in [1.807, 2.05) is 6.07 Å². The molecule has 0 unspecified atom stereocenters. The molecule has 7 heteroatoms. The SMILES string of the molecule is Cc1c(C(=O)O[C@H](C)C(=O)N(C)CCC#N)oc2c(F)cccc12. The van der Waals surface area contributed by atoms with Crippen molar-refractivity contribution in [2.75, 3.05) is 13.6 Å². The molecule has 24 heavy (non-hydrogen) atoms. The average molecular weight is 332 g/mol. The summed E-state index contributed by atoms with van der Waals surface area (Å²) < 4.78 is 24.1. The van der Waals surface area contributed by atoms with Crippen LogP contribution in [0.25, 0.3) is 11.0 Å². The zero-order valence-corrected chi connectivity index (χ0v) is 13.6. The van der Waals surface area contributed by atoms with Crippen LogP contribution in [0, 0.1) is 24.1 Å². The van der Waals surface area contributed by atoms with Crippen LogP contribution >= 0.6 is 0 Å². The highest BCUT2D eigenvalue weighted by Crippen LogP contribution is 2.28. The fourth-order valence-corrected chi connectivity index (χ4v) is 2.31. The fourth-order valence-electron chi connectivity index (χ4n) is 2.31. The number of aryl methyl sites for hydroxylation is 1. The molecule has 0 aliphatic rings. The van der Waals surface area contributed by atoms with Crippen LogP contribution in [0.1, 0.15) is 29.5 Å². The van der Waals surface area contributed by atoms with Gasteiger partial charge >= 0.3 is 5.97 Å². The number of hydrogen-bond donors (Lipinski definition) is 0. The van der Waals surface area contributed by atoms with Crippen LogP contribution in [0.2, 0.25) is 0 Å². The van der Waals surface area contributed by atoms with Crippen LogP contribution in [0.15, 0.2) is 22.6 Å². The number of nitrogens with zero attached hydrogens (tertiary/aromatic N) is 2. The lowest BCUT2D eigenvalue weighted by atomic mass is 10.1. The summed E-state index contributed by atoms with van der Waals surface area (Å²) in [6.45, 7) is 3.29. The minimum absolute atomic E-state index is 0.0212. The Labute approximate surface area is 138 Å². The summed E-state index contributed by atoms with van der Waals surface area (Å²) in [7, 11) is 1.52. The molecule has 0 spiro atoms. The van der Waals surface area contributed by atoms with Gasteiger partial charge in [0.1, 0.15) is 0 Å². The zero-order chi connectivity index (χ0) is 17.9. The first-order chi connectivity index (χ1) is 11.4. The Bertz CT molecular complexity index is 822. The van der Waals surface area contributed by atoms with Crippen molar-refractivity contribution in [2.24, 2.45) is 0 Å². The van der Waals surface area contributed by atoms with Crippen LogP contribution < -0.4 is 0 Å². The van der Waals surface area contributed by atoms with Gasteiger partial charge in [-0.05, 0) is 19.9 Å². The molecule has 6 nitrogen and oxygen atoms in total. The Morgan fingerprint density at radius 2 is 2.17 bits per heavy atom. The minimum Gasteiger partial charge on any atom is -0.447 e. The van der Waals surface area contributed by atoms with E-state index in [1.54, 1.807) is 13.0 Å². The molecule has 0 aliphatic heterocycles. The maximum Gasteiger partial charge on any atom is 0.375 e. The molecular weight excluding hydrogens is 315 g/mol. The maximum atomic E-state index is 13.7. The molecule has 1 aromatic heterocycles. The van der Waals surface area contributed by atoms with Crippen molar-refractivity contribution < 1.29 is 23.1 Å². The number of hydrogen-bond acceptors (Lipinski definition) is 5. The molecule has 0 fully saturated rings. The third-order valence-corrected chi connectivity index (χ3v) is 3.67. The molecular formula is C17H17FN2O4. The predicted octanol–water partition coefficient (Wildman–Crippen LogP) is 2.80. The molecule has 1 amide bonds. The highest BCUT2D eigenvalue weighted by Gasteiger charge is 2.26. The number of carbonyl (C=O) groups excluding carboxylic acids is 2. The Morgan fingerprint density at radius 3 is 2.79 bits per heavy atom. The van der Waals surface area contributed by atoms with Gasteiger partial charge in [0.05, 0.1) is 12.5 Å². The number of ether oxygens (including phenoxy) is 1. The molecule has 0 bridgehead atoms. The summed E-state index contributed by atoms with van der Waals surface area (Å²) in [4.78, 5) is 25.6. The molecule has 1 heterocycles. The molecule has 0 saturated carbocycles. The number of halogens is 1. The molecule has 0 saturated heterocycles. The van der Waals surface area contributed by atoms with Crippen molar-refractivity contribution in [1.29, 1.82) is 5.26 Å². The lowest BCUT2D eigenvalue weighted by molar-refractivity contribution is -0.138. The van der Waals surface area contributed by atoms with E-state index in [0.717, 1.165) is 0 Å². The predicted molar refractivity (Wildman–Crippen MR) is 83.7 cm³/mol. The second kappa shape index (κ2) is 7.13. The van der Waals surface area contributed by atoms with Gasteiger partial charge in [-0.1, -0.05) is 12.1 Å². The lowest BCUT2D eigenvalue weighted by Crippen LogP contribution is -2.37. The van der Waals surface area contributed by atoms with Gasteiger partial charge in [0.25, 0.3) is 5.91 Å². The van der Waals surface area contributed by atoms with E-state index in [0.29, 0.717) is 10.9 Å². The monoisotopic (exact) mass is 332 g/mol. The Balaban J connectivity index is 2.15. The fraction of sp³-hybridized carbons (Fsp3) is 0.353. The van der Waals surface area contributed by atoms with E-state index in [9.17, 15) is 14.0 Å². The molecule has 2 aromatic rings. The second-order valence-electron chi connectivity index (χ2n) is 5.39. The Kier molecular flexibility index (Phi) is 5.19. The highest BCUT2D eigenvalue weighted by atomic mass is 19.1. The third kappa shape index (κ3) is 3.38. The molecule has 0 N–H and O–H groups in total. The summed E-state index contributed by atoms with van der Waals surface area (Å²) in [5, 5.41) is 9.01. The minimum atomic E-state index is -1.04. The van der Waals surface area contributed by atoms with Gasteiger partial charge in [-0.2, -0.15) is 5.26 Å². The van der Waals surface area contributed by atoms with E-state index < -0.39 is 23.8 Å². The first kappa shape index (κ1) is 17.5. The Morgan fingerprint density at radius 1 is 1.46 bits per heavy atom. The largest absolute Gasteiger partial charge is 0.447 e. The van der Waals surface area contributed by atoms with Crippen molar-refractivity contribution in [3.8, 4) is 6.07 Å². The number of benzene rings is 1. The third-order valence-electron chi connectivity index (χ3n) is 3.67. The molecule has 2 rings (SSSR count). The van der Waals surface area contributed by atoms with Crippen LogP contribution in [-0.4, -0.2) is 36.5 Å². The van der Waals surface area contributed by atoms with Crippen LogP contribution in [0.4, 0.5) is 4.39 Å². The van der Waals surface area contributed by atoms with E-state index in [4.69, 9.17) is 14.4 Å². The number of carbonyl (C=O) groups is 2. The van der Waals surface area contributed by atoms with E-state index >= 15 is 0 Å². The molecule has 1 aromatic carbocycles. The smallest absolute Gasteiger partial charge is 0.375 e. The molecule has 126 valence electrons. The van der Waals surface area contributed by atoms with Crippen molar-refractivity contribution in [2.45, 2.75) is 26.4 Å². The number of nitriles is 1. The van der Waals surface area contributed by atoms with Crippen LogP contribution in [0.3, 0.4) is 0 Å². The number of fused-ring (bicyclic) bond motifs is 1. The van der Waals surface area contributed by atoms with Crippen molar-refractivity contribution in [1.82, 2.24) is 4.90 Å². The standard InChI is InChI=1S/C17H17FN2O4/c1-10-12-6-4-7-13(18)15(12)24-14(10)17(22)23-11(2)16(21)20(3)9-5-8-19/h4,6-7,11H,5,9H2,1-3H3/t11-/m1/s1. The normalized spacial score (nSPS) is 11.8. The first-order valence-corrected chi connectivity index (χ1v) is 7.37. The molecule has 0 radical (unpaired) electrons. The van der Waals surface area contributed by atoms with Gasteiger partial charge in [-0.25, -0.2) is 9.18 Å². The lowest BCUT2D eigenvalue weighted by Gasteiger charge is -2.20. The van der Waals surface area contributed by atoms with Gasteiger partial charge < -0.3 is 14.1 Å². The first-order valence-electron chi connectivity index (χ1n) is 7.37. The van der Waals surface area contributed by atoms with Crippen molar-refractivity contribution >= 4 is 22.8 Å². The number of furan rings is 1. The van der Waals surface area contributed by atoms with E-state index in [2.05, 4.69) is 0 Å². The van der Waals surface area contributed by atoms with Crippen molar-refractivity contribution in [3.05, 3.63) is 35.3 Å². The van der Waals surface area contributed by atoms with E-state index in [-0.39, 0.29) is 24.3 Å². The summed E-state index contributed by atoms with van der Waals surface area (Å²) in [6.07, 6.45) is -0.858. The number of amides is 1. The van der Waals surface area contributed by atoms with E-state index in [1.165, 1.54) is 31.0 Å². The van der Waals surface area contributed by atoms with Gasteiger partial charge in [-0.15, -0.1) is 0 Å². The number of rotatable bonds is 5. The van der Waals surface area contributed by atoms with Gasteiger partial charge in [-0.3, -0.25) is 4.79 Å². The number of likely N-dealkylation sites (N-methyl/N-ethyl adjacent to an activating group) is 1. The second-order valence-corrected chi connectivity index (χ2v) is 5.39. The van der Waals surface area contributed by atoms with Gasteiger partial charge in [0, 0.05) is 24.5 Å². The van der Waals surface area contributed by atoms with Gasteiger partial charge in [0.2, 0.25) is 5.76 Å². The summed E-state index contributed by atoms with van der Waals surface area (Å²) in [5.41, 5.74) is 0.430. The van der Waals surface area contributed by atoms with Crippen molar-refractivity contribution in [3.63, 3.8) is 0 Å². The maximum absolute atomic E-state index is 13.7. The molecule has 0 aliphatic carbocycles. The zero-order valence-electron chi connectivity index (χ0n) is 13.6. The molecule has 1 atom stereocenters. The summed E-state index contributed by atoms with van der Waals surface area (Å²) >= 11 is 0. The number of esters is 1. The van der Waals surface area contributed by atoms with Crippen LogP contribution in [-0.2, 0) is 9.53 Å².